The molecule has 1 aliphatic carbocycles. The molecule has 0 radical (unpaired) electrons. The number of rotatable bonds is 8. The van der Waals surface area contributed by atoms with Crippen molar-refractivity contribution in [2.24, 2.45) is 11.8 Å². The van der Waals surface area contributed by atoms with E-state index in [4.69, 9.17) is 4.74 Å². The molecule has 1 aliphatic rings. The summed E-state index contributed by atoms with van der Waals surface area (Å²) in [5, 5.41) is 10.1. The van der Waals surface area contributed by atoms with E-state index >= 15 is 0 Å². The Bertz CT molecular complexity index is 211. The van der Waals surface area contributed by atoms with Gasteiger partial charge in [0.05, 0.1) is 6.10 Å². The molecule has 0 aromatic carbocycles. The molecule has 3 nitrogen and oxygen atoms in total. The fraction of sp³-hybridized carbons (Fsp3) is 1.00. The quantitative estimate of drug-likeness (QED) is 0.678. The van der Waals surface area contributed by atoms with E-state index in [0.717, 1.165) is 38.5 Å². The van der Waals surface area contributed by atoms with E-state index in [2.05, 4.69) is 18.9 Å². The van der Waals surface area contributed by atoms with E-state index in [9.17, 15) is 5.11 Å². The lowest BCUT2D eigenvalue weighted by molar-refractivity contribution is 0.0288. The molecule has 0 amide bonds. The molecule has 3 heteroatoms. The van der Waals surface area contributed by atoms with E-state index < -0.39 is 0 Å². The van der Waals surface area contributed by atoms with Crippen LogP contribution in [0.4, 0.5) is 0 Å². The largest absolute Gasteiger partial charge is 0.393 e. The van der Waals surface area contributed by atoms with E-state index in [-0.39, 0.29) is 6.10 Å². The van der Waals surface area contributed by atoms with E-state index in [1.807, 2.05) is 0 Å². The number of nitrogens with zero attached hydrogens (tertiary/aromatic N) is 1. The van der Waals surface area contributed by atoms with Crippen LogP contribution >= 0.6 is 0 Å². The van der Waals surface area contributed by atoms with Crippen LogP contribution in [-0.4, -0.2) is 50.0 Å². The molecule has 3 atom stereocenters. The third-order valence-electron chi connectivity index (χ3n) is 4.18. The topological polar surface area (TPSA) is 32.7 Å². The number of aliphatic hydroxyl groups excluding tert-OH is 1. The molecule has 1 saturated carbocycles. The molecule has 18 heavy (non-hydrogen) atoms. The van der Waals surface area contributed by atoms with Crippen LogP contribution in [0.5, 0.6) is 0 Å². The second-order valence-electron chi connectivity index (χ2n) is 5.90. The maximum absolute atomic E-state index is 10.1. The van der Waals surface area contributed by atoms with Crippen LogP contribution in [0.15, 0.2) is 0 Å². The van der Waals surface area contributed by atoms with Gasteiger partial charge in [0.1, 0.15) is 0 Å². The van der Waals surface area contributed by atoms with Gasteiger partial charge >= 0.3 is 0 Å². The summed E-state index contributed by atoms with van der Waals surface area (Å²) in [4.78, 5) is 2.35. The number of hydrogen-bond acceptors (Lipinski definition) is 3. The highest BCUT2D eigenvalue weighted by Gasteiger charge is 2.29. The van der Waals surface area contributed by atoms with Crippen LogP contribution in [0.2, 0.25) is 0 Å². The predicted molar refractivity (Wildman–Crippen MR) is 75.7 cm³/mol. The summed E-state index contributed by atoms with van der Waals surface area (Å²) < 4.78 is 5.08. The van der Waals surface area contributed by atoms with Crippen molar-refractivity contribution in [1.29, 1.82) is 0 Å². The Morgan fingerprint density at radius 3 is 2.78 bits per heavy atom. The highest BCUT2D eigenvalue weighted by Crippen LogP contribution is 2.32. The maximum Gasteiger partial charge on any atom is 0.0580 e. The predicted octanol–water partition coefficient (Wildman–Crippen LogP) is 2.53. The Morgan fingerprint density at radius 1 is 1.33 bits per heavy atom. The number of aliphatic hydroxyl groups is 1. The van der Waals surface area contributed by atoms with Gasteiger partial charge in [0.15, 0.2) is 0 Å². The zero-order chi connectivity index (χ0) is 13.4. The van der Waals surface area contributed by atoms with E-state index in [1.165, 1.54) is 25.7 Å². The fourth-order valence-electron chi connectivity index (χ4n) is 3.18. The van der Waals surface area contributed by atoms with Gasteiger partial charge in [-0.05, 0) is 44.6 Å². The molecule has 0 aromatic rings. The molecule has 108 valence electrons. The number of hydrogen-bond donors (Lipinski definition) is 1. The van der Waals surface area contributed by atoms with Crippen LogP contribution in [0, 0.1) is 11.8 Å². The average molecular weight is 257 g/mol. The monoisotopic (exact) mass is 257 g/mol. The summed E-state index contributed by atoms with van der Waals surface area (Å²) in [7, 11) is 3.91. The van der Waals surface area contributed by atoms with Crippen LogP contribution in [0.1, 0.15) is 45.4 Å². The summed E-state index contributed by atoms with van der Waals surface area (Å²) in [6.07, 6.45) is 7.04. The molecule has 0 aromatic heterocycles. The van der Waals surface area contributed by atoms with Gasteiger partial charge < -0.3 is 14.7 Å². The SMILES string of the molecule is CCCC1CCC(O)C(CN(C)CCCOC)C1. The van der Waals surface area contributed by atoms with Crippen LogP contribution in [0.25, 0.3) is 0 Å². The smallest absolute Gasteiger partial charge is 0.0580 e. The fourth-order valence-corrected chi connectivity index (χ4v) is 3.18. The Labute approximate surface area is 113 Å². The van der Waals surface area contributed by atoms with E-state index in [1.54, 1.807) is 7.11 Å². The Morgan fingerprint density at radius 2 is 2.11 bits per heavy atom. The van der Waals surface area contributed by atoms with Crippen LogP contribution < -0.4 is 0 Å². The molecule has 0 aliphatic heterocycles. The minimum atomic E-state index is -0.0806. The average Bonchev–Trinajstić information content (AvgIpc) is 2.34. The summed E-state index contributed by atoms with van der Waals surface area (Å²) in [5.41, 5.74) is 0. The summed E-state index contributed by atoms with van der Waals surface area (Å²) in [6.45, 7) is 5.19. The molecular formula is C15H31NO2. The molecule has 1 N–H and O–H groups in total. The normalized spacial score (nSPS) is 28.8. The Hall–Kier alpha value is -0.120. The first-order chi connectivity index (χ1) is 8.67. The van der Waals surface area contributed by atoms with Gasteiger partial charge in [-0.3, -0.25) is 0 Å². The molecule has 0 spiro atoms. The standard InChI is InChI=1S/C15H31NO2/c1-4-6-13-7-8-15(17)14(11-13)12-16(2)9-5-10-18-3/h13-15,17H,4-12H2,1-3H3. The molecule has 0 bridgehead atoms. The first-order valence-electron chi connectivity index (χ1n) is 7.52. The van der Waals surface area contributed by atoms with Crippen molar-refractivity contribution >= 4 is 0 Å². The zero-order valence-electron chi connectivity index (χ0n) is 12.4. The second-order valence-corrected chi connectivity index (χ2v) is 5.90. The lowest BCUT2D eigenvalue weighted by Crippen LogP contribution is -2.38. The summed E-state index contributed by atoms with van der Waals surface area (Å²) in [6, 6.07) is 0. The van der Waals surface area contributed by atoms with Gasteiger partial charge in [0, 0.05) is 26.8 Å². The van der Waals surface area contributed by atoms with Gasteiger partial charge in [-0.25, -0.2) is 0 Å². The molecule has 0 saturated heterocycles. The highest BCUT2D eigenvalue weighted by atomic mass is 16.5. The molecule has 0 heterocycles. The molecule has 1 rings (SSSR count). The Balaban J connectivity index is 2.28. The highest BCUT2D eigenvalue weighted by molar-refractivity contribution is 4.81. The van der Waals surface area contributed by atoms with Gasteiger partial charge in [-0.1, -0.05) is 19.8 Å². The number of ether oxygens (including phenoxy) is 1. The minimum absolute atomic E-state index is 0.0806. The lowest BCUT2D eigenvalue weighted by atomic mass is 9.77. The van der Waals surface area contributed by atoms with Crippen molar-refractivity contribution in [3.05, 3.63) is 0 Å². The van der Waals surface area contributed by atoms with Crippen molar-refractivity contribution in [3.8, 4) is 0 Å². The summed E-state index contributed by atoms with van der Waals surface area (Å²) in [5.74, 6) is 1.32. The number of methoxy groups -OCH3 is 1. The maximum atomic E-state index is 10.1. The van der Waals surface area contributed by atoms with Crippen LogP contribution in [-0.2, 0) is 4.74 Å². The first-order valence-corrected chi connectivity index (χ1v) is 7.52. The molecule has 3 unspecified atom stereocenters. The van der Waals surface area contributed by atoms with Gasteiger partial charge in [0.2, 0.25) is 0 Å². The van der Waals surface area contributed by atoms with E-state index in [0.29, 0.717) is 5.92 Å². The first kappa shape index (κ1) is 15.9. The third kappa shape index (κ3) is 5.68. The van der Waals surface area contributed by atoms with Crippen molar-refractivity contribution < 1.29 is 9.84 Å². The van der Waals surface area contributed by atoms with Crippen molar-refractivity contribution in [1.82, 2.24) is 4.90 Å². The van der Waals surface area contributed by atoms with Gasteiger partial charge in [0.25, 0.3) is 0 Å². The molecular weight excluding hydrogens is 226 g/mol. The minimum Gasteiger partial charge on any atom is -0.393 e. The van der Waals surface area contributed by atoms with Gasteiger partial charge in [-0.15, -0.1) is 0 Å². The third-order valence-corrected chi connectivity index (χ3v) is 4.18. The summed E-state index contributed by atoms with van der Waals surface area (Å²) >= 11 is 0. The van der Waals surface area contributed by atoms with Crippen molar-refractivity contribution in [3.63, 3.8) is 0 Å². The van der Waals surface area contributed by atoms with Gasteiger partial charge in [-0.2, -0.15) is 0 Å². The van der Waals surface area contributed by atoms with Crippen LogP contribution in [0.3, 0.4) is 0 Å². The van der Waals surface area contributed by atoms with Crippen molar-refractivity contribution in [2.45, 2.75) is 51.6 Å². The molecule has 1 fully saturated rings. The Kier molecular flexibility index (Phi) is 7.87. The second kappa shape index (κ2) is 8.89. The van der Waals surface area contributed by atoms with Crippen molar-refractivity contribution in [2.75, 3.05) is 33.9 Å². The lowest BCUT2D eigenvalue weighted by Gasteiger charge is -2.35. The zero-order valence-corrected chi connectivity index (χ0v) is 12.4.